The molecule has 4 atom stereocenters. The van der Waals surface area contributed by atoms with Crippen LogP contribution in [-0.2, 0) is 32.9 Å². The van der Waals surface area contributed by atoms with Crippen LogP contribution in [0.2, 0.25) is 0 Å². The van der Waals surface area contributed by atoms with Gasteiger partial charge in [-0.05, 0) is 35.7 Å². The normalized spacial score (nSPS) is 26.7. The van der Waals surface area contributed by atoms with Crippen molar-refractivity contribution in [2.24, 2.45) is 11.8 Å². The molecule has 4 unspecified atom stereocenters. The van der Waals surface area contributed by atoms with E-state index in [2.05, 4.69) is 10.6 Å². The van der Waals surface area contributed by atoms with Crippen LogP contribution in [0.5, 0.6) is 5.75 Å². The number of benzene rings is 3. The van der Waals surface area contributed by atoms with E-state index in [4.69, 9.17) is 4.74 Å². The van der Waals surface area contributed by atoms with Crippen LogP contribution in [0.4, 0.5) is 5.69 Å². The molecule has 0 aromatic heterocycles. The lowest BCUT2D eigenvalue weighted by molar-refractivity contribution is -0.143. The molecule has 2 fully saturated rings. The molecular formula is C28H25N3O4. The van der Waals surface area contributed by atoms with E-state index >= 15 is 0 Å². The highest BCUT2D eigenvalue weighted by molar-refractivity contribution is 6.15. The number of anilines is 1. The second-order valence-electron chi connectivity index (χ2n) is 9.36. The number of imide groups is 1. The van der Waals surface area contributed by atoms with Gasteiger partial charge < -0.3 is 10.1 Å². The van der Waals surface area contributed by atoms with Gasteiger partial charge in [-0.3, -0.25) is 24.6 Å². The fourth-order valence-electron chi connectivity index (χ4n) is 5.93. The third-order valence-electron chi connectivity index (χ3n) is 7.51. The molecule has 3 aliphatic heterocycles. The van der Waals surface area contributed by atoms with E-state index < -0.39 is 17.4 Å². The van der Waals surface area contributed by atoms with Crippen molar-refractivity contribution in [3.63, 3.8) is 0 Å². The number of carbonyl (C=O) groups excluding carboxylic acids is 3. The molecule has 3 aliphatic rings. The summed E-state index contributed by atoms with van der Waals surface area (Å²) in [5.41, 5.74) is 2.00. The lowest BCUT2D eigenvalue weighted by Gasteiger charge is -2.29. The first-order chi connectivity index (χ1) is 17.0. The number of amides is 3. The summed E-state index contributed by atoms with van der Waals surface area (Å²) >= 11 is 0. The summed E-state index contributed by atoms with van der Waals surface area (Å²) < 4.78 is 5.22. The van der Waals surface area contributed by atoms with Gasteiger partial charge in [0.1, 0.15) is 11.3 Å². The number of hydrogen-bond acceptors (Lipinski definition) is 5. The van der Waals surface area contributed by atoms with Crippen molar-refractivity contribution in [1.82, 2.24) is 10.2 Å². The lowest BCUT2D eigenvalue weighted by Crippen LogP contribution is -2.53. The smallest absolute Gasteiger partial charge is 0.250 e. The molecule has 1 spiro atoms. The number of fused-ring (bicyclic) bond motifs is 4. The van der Waals surface area contributed by atoms with Crippen LogP contribution in [0.3, 0.4) is 0 Å². The predicted octanol–water partition coefficient (Wildman–Crippen LogP) is 2.86. The Morgan fingerprint density at radius 1 is 0.857 bits per heavy atom. The average molecular weight is 468 g/mol. The lowest BCUT2D eigenvalue weighted by atomic mass is 9.76. The highest BCUT2D eigenvalue weighted by atomic mass is 16.5. The van der Waals surface area contributed by atoms with Gasteiger partial charge in [-0.25, -0.2) is 0 Å². The predicted molar refractivity (Wildman–Crippen MR) is 129 cm³/mol. The molecule has 35 heavy (non-hydrogen) atoms. The third-order valence-corrected chi connectivity index (χ3v) is 7.51. The standard InChI is InChI=1S/C28H25N3O4/c1-35-19-13-11-18(12-14-19)16-31-25(32)23-22(15-17-7-3-2-4-8-17)30-28(24(23)26(31)33)20-9-5-6-10-21(20)29-27(28)34/h2-14,22-24,30H,15-16H2,1H3,(H,29,34). The van der Waals surface area contributed by atoms with Crippen LogP contribution >= 0.6 is 0 Å². The van der Waals surface area contributed by atoms with Crippen molar-refractivity contribution >= 4 is 23.4 Å². The molecule has 7 heteroatoms. The van der Waals surface area contributed by atoms with Crippen molar-refractivity contribution in [2.75, 3.05) is 12.4 Å². The van der Waals surface area contributed by atoms with Crippen molar-refractivity contribution < 1.29 is 19.1 Å². The van der Waals surface area contributed by atoms with Gasteiger partial charge in [-0.1, -0.05) is 60.7 Å². The van der Waals surface area contributed by atoms with Crippen LogP contribution in [0.25, 0.3) is 0 Å². The molecule has 7 nitrogen and oxygen atoms in total. The molecular weight excluding hydrogens is 442 g/mol. The zero-order chi connectivity index (χ0) is 24.2. The average Bonchev–Trinajstić information content (AvgIpc) is 3.46. The fourth-order valence-corrected chi connectivity index (χ4v) is 5.93. The van der Waals surface area contributed by atoms with E-state index in [0.717, 1.165) is 16.7 Å². The summed E-state index contributed by atoms with van der Waals surface area (Å²) in [7, 11) is 1.59. The molecule has 6 rings (SSSR count). The Balaban J connectivity index is 1.41. The number of rotatable bonds is 5. The maximum Gasteiger partial charge on any atom is 0.250 e. The summed E-state index contributed by atoms with van der Waals surface area (Å²) in [6.07, 6.45) is 0.536. The molecule has 176 valence electrons. The molecule has 3 aromatic carbocycles. The van der Waals surface area contributed by atoms with Crippen molar-refractivity contribution in [3.05, 3.63) is 95.6 Å². The first-order valence-electron chi connectivity index (χ1n) is 11.7. The molecule has 0 saturated carbocycles. The van der Waals surface area contributed by atoms with E-state index in [9.17, 15) is 14.4 Å². The highest BCUT2D eigenvalue weighted by Gasteiger charge is 2.70. The summed E-state index contributed by atoms with van der Waals surface area (Å²) in [5.74, 6) is -1.58. The van der Waals surface area contributed by atoms with Crippen LogP contribution < -0.4 is 15.4 Å². The van der Waals surface area contributed by atoms with Crippen LogP contribution in [0.1, 0.15) is 16.7 Å². The van der Waals surface area contributed by atoms with Gasteiger partial charge in [-0.2, -0.15) is 0 Å². The monoisotopic (exact) mass is 467 g/mol. The van der Waals surface area contributed by atoms with E-state index in [1.54, 1.807) is 7.11 Å². The quantitative estimate of drug-likeness (QED) is 0.564. The van der Waals surface area contributed by atoms with E-state index in [0.29, 0.717) is 17.9 Å². The van der Waals surface area contributed by atoms with Crippen LogP contribution in [0.15, 0.2) is 78.9 Å². The first kappa shape index (κ1) is 21.6. The maximum atomic E-state index is 13.9. The van der Waals surface area contributed by atoms with Crippen LogP contribution in [-0.4, -0.2) is 35.8 Å². The highest BCUT2D eigenvalue weighted by Crippen LogP contribution is 2.53. The molecule has 0 bridgehead atoms. The topological polar surface area (TPSA) is 87.7 Å². The number of nitrogens with one attached hydrogen (secondary N) is 2. The summed E-state index contributed by atoms with van der Waals surface area (Å²) in [4.78, 5) is 42.5. The number of hydrogen-bond donors (Lipinski definition) is 2. The molecule has 3 aromatic rings. The van der Waals surface area contributed by atoms with E-state index in [1.807, 2.05) is 78.9 Å². The minimum atomic E-state index is -1.28. The van der Waals surface area contributed by atoms with Gasteiger partial charge in [0, 0.05) is 17.3 Å². The Bertz CT molecular complexity index is 1320. The fraction of sp³-hybridized carbons (Fsp3) is 0.250. The number of ether oxygens (including phenoxy) is 1. The number of nitrogens with zero attached hydrogens (tertiary/aromatic N) is 1. The minimum Gasteiger partial charge on any atom is -0.497 e. The van der Waals surface area contributed by atoms with Gasteiger partial charge in [0.15, 0.2) is 0 Å². The summed E-state index contributed by atoms with van der Waals surface area (Å²) in [6, 6.07) is 24.2. The Hall–Kier alpha value is -3.97. The third kappa shape index (κ3) is 3.19. The molecule has 0 radical (unpaired) electrons. The van der Waals surface area contributed by atoms with Crippen molar-refractivity contribution in [3.8, 4) is 5.75 Å². The zero-order valence-electron chi connectivity index (χ0n) is 19.2. The molecule has 2 N–H and O–H groups in total. The van der Waals surface area contributed by atoms with Gasteiger partial charge in [0.25, 0.3) is 0 Å². The number of carbonyl (C=O) groups is 3. The minimum absolute atomic E-state index is 0.159. The van der Waals surface area contributed by atoms with Gasteiger partial charge in [0.05, 0.1) is 25.5 Å². The SMILES string of the molecule is COc1ccc(CN2C(=O)C3C(Cc4ccccc4)NC4(C(=O)Nc5ccccc54)C3C2=O)cc1. The Morgan fingerprint density at radius 3 is 2.31 bits per heavy atom. The van der Waals surface area contributed by atoms with Gasteiger partial charge in [-0.15, -0.1) is 0 Å². The molecule has 3 heterocycles. The first-order valence-corrected chi connectivity index (χ1v) is 11.7. The maximum absolute atomic E-state index is 13.9. The molecule has 3 amide bonds. The van der Waals surface area contributed by atoms with Gasteiger partial charge >= 0.3 is 0 Å². The number of likely N-dealkylation sites (tertiary alicyclic amines) is 1. The molecule has 0 aliphatic carbocycles. The summed E-state index contributed by atoms with van der Waals surface area (Å²) in [6.45, 7) is 0.159. The van der Waals surface area contributed by atoms with E-state index in [1.165, 1.54) is 4.90 Å². The Morgan fingerprint density at radius 2 is 1.57 bits per heavy atom. The van der Waals surface area contributed by atoms with E-state index in [-0.39, 0.29) is 30.3 Å². The molecule has 2 saturated heterocycles. The zero-order valence-corrected chi connectivity index (χ0v) is 19.2. The van der Waals surface area contributed by atoms with Crippen LogP contribution in [0, 0.1) is 11.8 Å². The second kappa shape index (κ2) is 8.06. The van der Waals surface area contributed by atoms with Gasteiger partial charge in [0.2, 0.25) is 17.7 Å². The summed E-state index contributed by atoms with van der Waals surface area (Å²) in [5, 5.41) is 6.43. The largest absolute Gasteiger partial charge is 0.497 e. The number of methoxy groups -OCH3 is 1. The van der Waals surface area contributed by atoms with Crippen molar-refractivity contribution in [2.45, 2.75) is 24.5 Å². The van der Waals surface area contributed by atoms with Crippen molar-refractivity contribution in [1.29, 1.82) is 0 Å². The number of para-hydroxylation sites is 1. The second-order valence-corrected chi connectivity index (χ2v) is 9.36. The Kier molecular flexibility index (Phi) is 4.96. The Labute approximate surface area is 203 Å².